The largest absolute Gasteiger partial charge is 0.465 e. The molecule has 1 rings (SSSR count). The Hall–Kier alpha value is -0.610. The Balaban J connectivity index is 2.94. The average molecular weight is 453 g/mol. The van der Waals surface area contributed by atoms with Crippen molar-refractivity contribution in [2.45, 2.75) is 13.1 Å². The fourth-order valence-electron chi connectivity index (χ4n) is 1.39. The van der Waals surface area contributed by atoms with Gasteiger partial charge in [-0.2, -0.15) is 13.2 Å². The number of alkyl halides is 3. The lowest BCUT2D eigenvalue weighted by Gasteiger charge is -2.22. The highest BCUT2D eigenvalue weighted by Crippen LogP contribution is 2.33. The summed E-state index contributed by atoms with van der Waals surface area (Å²) in [5, 5.41) is 0. The normalized spacial score (nSPS) is 11.3. The molecule has 0 fully saturated rings. The first-order valence-corrected chi connectivity index (χ1v) is 8.00. The van der Waals surface area contributed by atoms with E-state index in [1.165, 1.54) is 13.0 Å². The van der Waals surface area contributed by atoms with Gasteiger partial charge in [-0.05, 0) is 44.8 Å². The molecule has 0 bridgehead atoms. The molecule has 0 atom stereocenters. The van der Waals surface area contributed by atoms with Crippen LogP contribution in [0.2, 0.25) is 0 Å². The fraction of sp³-hybridized carbons (Fsp3) is 0.455. The molecule has 1 aromatic rings. The molecule has 0 spiro atoms. The van der Waals surface area contributed by atoms with E-state index in [2.05, 4.69) is 36.6 Å². The van der Waals surface area contributed by atoms with Gasteiger partial charge in [0.1, 0.15) is 13.1 Å². The van der Waals surface area contributed by atoms with E-state index in [1.807, 2.05) is 0 Å². The Morgan fingerprint density at radius 1 is 1.38 bits per heavy atom. The van der Waals surface area contributed by atoms with Crippen LogP contribution < -0.4 is 0 Å². The van der Waals surface area contributed by atoms with Crippen LogP contribution in [-0.4, -0.2) is 42.6 Å². The molecule has 1 heterocycles. The van der Waals surface area contributed by atoms with Crippen LogP contribution in [0.15, 0.2) is 14.3 Å². The summed E-state index contributed by atoms with van der Waals surface area (Å²) in [6, 6.07) is 1.39. The molecule has 0 saturated carbocycles. The molecule has 0 unspecified atom stereocenters. The van der Waals surface area contributed by atoms with Crippen LogP contribution in [0.25, 0.3) is 0 Å². The van der Waals surface area contributed by atoms with Gasteiger partial charge in [0.15, 0.2) is 0 Å². The second kappa shape index (κ2) is 7.59. The molecule has 4 nitrogen and oxygen atoms in total. The van der Waals surface area contributed by atoms with E-state index in [-0.39, 0.29) is 11.5 Å². The van der Waals surface area contributed by atoms with Crippen molar-refractivity contribution in [3.8, 4) is 0 Å². The quantitative estimate of drug-likeness (QED) is 0.637. The molecule has 1 aromatic heterocycles. The molecule has 0 aromatic carbocycles. The smallest absolute Gasteiger partial charge is 0.406 e. The maximum atomic E-state index is 12.5. The third-order valence-corrected chi connectivity index (χ3v) is 5.38. The zero-order valence-electron chi connectivity index (χ0n) is 10.7. The topological polar surface area (TPSA) is 46.6 Å². The highest BCUT2D eigenvalue weighted by atomic mass is 79.9. The second-order valence-electron chi connectivity index (χ2n) is 3.81. The van der Waals surface area contributed by atoms with Crippen molar-refractivity contribution in [1.82, 2.24) is 4.90 Å². The Bertz CT molecular complexity index is 514. The van der Waals surface area contributed by atoms with Gasteiger partial charge in [0, 0.05) is 4.47 Å². The minimum Gasteiger partial charge on any atom is -0.465 e. The van der Waals surface area contributed by atoms with Crippen molar-refractivity contribution in [1.29, 1.82) is 0 Å². The summed E-state index contributed by atoms with van der Waals surface area (Å²) in [7, 11) is 0. The van der Waals surface area contributed by atoms with E-state index < -0.39 is 31.1 Å². The van der Waals surface area contributed by atoms with Gasteiger partial charge in [0.05, 0.1) is 15.3 Å². The van der Waals surface area contributed by atoms with E-state index in [0.717, 1.165) is 11.3 Å². The van der Waals surface area contributed by atoms with Crippen molar-refractivity contribution in [2.75, 3.05) is 19.7 Å². The molecule has 0 aliphatic carbocycles. The first-order chi connectivity index (χ1) is 9.64. The lowest BCUT2D eigenvalue weighted by atomic mass is 10.3. The third-order valence-electron chi connectivity index (χ3n) is 2.14. The van der Waals surface area contributed by atoms with Gasteiger partial charge in [-0.3, -0.25) is 9.59 Å². The number of amides is 1. The molecule has 0 saturated heterocycles. The van der Waals surface area contributed by atoms with Crippen molar-refractivity contribution in [3.63, 3.8) is 0 Å². The number of hydrogen-bond donors (Lipinski definition) is 0. The number of carbonyl (C=O) groups is 2. The summed E-state index contributed by atoms with van der Waals surface area (Å²) in [5.74, 6) is -1.76. The molecule has 10 heteroatoms. The molecule has 0 aliphatic rings. The predicted octanol–water partition coefficient (Wildman–Crippen LogP) is 3.84. The van der Waals surface area contributed by atoms with E-state index in [4.69, 9.17) is 0 Å². The minimum atomic E-state index is -4.60. The summed E-state index contributed by atoms with van der Waals surface area (Å²) < 4.78 is 43.3. The molecule has 0 radical (unpaired) electrons. The lowest BCUT2D eigenvalue weighted by Crippen LogP contribution is -2.42. The summed E-state index contributed by atoms with van der Waals surface area (Å²) in [5.41, 5.74) is 0. The molecular formula is C11H10Br2F3NO3S. The number of esters is 1. The van der Waals surface area contributed by atoms with Crippen LogP contribution in [0, 0.1) is 0 Å². The average Bonchev–Trinajstić information content (AvgIpc) is 2.66. The lowest BCUT2D eigenvalue weighted by molar-refractivity contribution is -0.153. The van der Waals surface area contributed by atoms with Crippen LogP contribution in [0.3, 0.4) is 0 Å². The van der Waals surface area contributed by atoms with Gasteiger partial charge >= 0.3 is 12.1 Å². The van der Waals surface area contributed by atoms with E-state index in [9.17, 15) is 22.8 Å². The number of nitrogens with zero attached hydrogens (tertiary/aromatic N) is 1. The van der Waals surface area contributed by atoms with Crippen molar-refractivity contribution >= 4 is 55.1 Å². The Labute approximate surface area is 139 Å². The van der Waals surface area contributed by atoms with Crippen LogP contribution in [0.5, 0.6) is 0 Å². The van der Waals surface area contributed by atoms with Crippen molar-refractivity contribution in [2.24, 2.45) is 0 Å². The van der Waals surface area contributed by atoms with Gasteiger partial charge in [0.25, 0.3) is 5.91 Å². The van der Waals surface area contributed by atoms with Gasteiger partial charge in [-0.1, -0.05) is 0 Å². The van der Waals surface area contributed by atoms with Crippen LogP contribution in [-0.2, 0) is 9.53 Å². The van der Waals surface area contributed by atoms with Gasteiger partial charge in [-0.15, -0.1) is 11.3 Å². The first kappa shape index (κ1) is 18.4. The van der Waals surface area contributed by atoms with E-state index in [0.29, 0.717) is 13.2 Å². The van der Waals surface area contributed by atoms with Gasteiger partial charge in [0.2, 0.25) is 0 Å². The zero-order chi connectivity index (χ0) is 16.2. The number of thiophene rings is 1. The Morgan fingerprint density at radius 2 is 2.00 bits per heavy atom. The molecular weight excluding hydrogens is 443 g/mol. The summed E-state index contributed by atoms with van der Waals surface area (Å²) in [6.07, 6.45) is -4.60. The third kappa shape index (κ3) is 5.95. The molecule has 0 N–H and O–H groups in total. The maximum absolute atomic E-state index is 12.5. The minimum absolute atomic E-state index is 0.0307. The zero-order valence-corrected chi connectivity index (χ0v) is 14.7. The van der Waals surface area contributed by atoms with Crippen LogP contribution in [0.1, 0.15) is 16.6 Å². The molecule has 118 valence electrons. The number of carbonyl (C=O) groups excluding carboxylic acids is 2. The van der Waals surface area contributed by atoms with E-state index in [1.54, 1.807) is 0 Å². The SMILES string of the molecule is CCOC(=O)CN(CC(F)(F)F)C(=O)c1cc(Br)c(Br)s1. The van der Waals surface area contributed by atoms with Gasteiger partial charge < -0.3 is 9.64 Å². The van der Waals surface area contributed by atoms with Crippen molar-refractivity contribution < 1.29 is 27.5 Å². The summed E-state index contributed by atoms with van der Waals surface area (Å²) in [4.78, 5) is 24.0. The monoisotopic (exact) mass is 451 g/mol. The molecule has 21 heavy (non-hydrogen) atoms. The number of hydrogen-bond acceptors (Lipinski definition) is 4. The predicted molar refractivity (Wildman–Crippen MR) is 78.3 cm³/mol. The highest BCUT2D eigenvalue weighted by molar-refractivity contribution is 9.13. The van der Waals surface area contributed by atoms with Crippen LogP contribution in [0.4, 0.5) is 13.2 Å². The van der Waals surface area contributed by atoms with E-state index >= 15 is 0 Å². The van der Waals surface area contributed by atoms with Gasteiger partial charge in [-0.25, -0.2) is 0 Å². The van der Waals surface area contributed by atoms with Crippen LogP contribution >= 0.6 is 43.2 Å². The standard InChI is InChI=1S/C11H10Br2F3NO3S/c1-2-20-8(18)4-17(5-11(14,15)16)10(19)7-3-6(12)9(13)21-7/h3H,2,4-5H2,1H3. The Morgan fingerprint density at radius 3 is 2.43 bits per heavy atom. The number of ether oxygens (including phenoxy) is 1. The Kier molecular flexibility index (Phi) is 6.67. The molecule has 1 amide bonds. The fourth-order valence-corrected chi connectivity index (χ4v) is 3.39. The molecule has 0 aliphatic heterocycles. The first-order valence-electron chi connectivity index (χ1n) is 5.60. The second-order valence-corrected chi connectivity index (χ2v) is 7.04. The number of halogens is 5. The highest BCUT2D eigenvalue weighted by Gasteiger charge is 2.35. The maximum Gasteiger partial charge on any atom is 0.406 e. The number of rotatable bonds is 5. The summed E-state index contributed by atoms with van der Waals surface area (Å²) in [6.45, 7) is -0.707. The van der Waals surface area contributed by atoms with Crippen molar-refractivity contribution in [3.05, 3.63) is 19.2 Å². The summed E-state index contributed by atoms with van der Waals surface area (Å²) >= 11 is 7.28.